The average molecular weight is 245 g/mol. The van der Waals surface area contributed by atoms with Gasteiger partial charge in [0.1, 0.15) is 0 Å². The summed E-state index contributed by atoms with van der Waals surface area (Å²) in [6, 6.07) is 0.166. The van der Waals surface area contributed by atoms with Crippen LogP contribution in [0, 0.1) is 0 Å². The molecule has 18 heavy (non-hydrogen) atoms. The second-order valence-corrected chi connectivity index (χ2v) is 5.21. The second-order valence-electron chi connectivity index (χ2n) is 5.21. The Labute approximate surface area is 106 Å². The third kappa shape index (κ3) is 1.59. The Morgan fingerprint density at radius 2 is 2.22 bits per heavy atom. The largest absolute Gasteiger partial charge is 0.350 e. The highest BCUT2D eigenvalue weighted by atomic mass is 16.1. The molecule has 3 rings (SSSR count). The summed E-state index contributed by atoms with van der Waals surface area (Å²) < 4.78 is 3.85. The highest BCUT2D eigenvalue weighted by molar-refractivity contribution is 5.84. The predicted molar refractivity (Wildman–Crippen MR) is 71.9 cm³/mol. The van der Waals surface area contributed by atoms with Gasteiger partial charge in [-0.2, -0.15) is 5.10 Å². The van der Waals surface area contributed by atoms with Crippen LogP contribution in [0.5, 0.6) is 0 Å². The van der Waals surface area contributed by atoms with Crippen LogP contribution >= 0.6 is 0 Å². The van der Waals surface area contributed by atoms with Gasteiger partial charge in [-0.3, -0.25) is 4.79 Å². The third-order valence-electron chi connectivity index (χ3n) is 4.05. The molecule has 2 aromatic rings. The van der Waals surface area contributed by atoms with Crippen LogP contribution in [-0.2, 0) is 13.0 Å². The average Bonchev–Trinajstić information content (AvgIpc) is 2.78. The minimum absolute atomic E-state index is 0.0590. The molecule has 1 atom stereocenters. The van der Waals surface area contributed by atoms with Crippen molar-refractivity contribution in [2.75, 3.05) is 0 Å². The number of fused-ring (bicyclic) bond motifs is 3. The first-order chi connectivity index (χ1) is 8.72. The van der Waals surface area contributed by atoms with E-state index in [1.165, 1.54) is 18.5 Å². The fourth-order valence-electron chi connectivity index (χ4n) is 2.76. The van der Waals surface area contributed by atoms with Crippen molar-refractivity contribution in [1.82, 2.24) is 14.3 Å². The van der Waals surface area contributed by atoms with Gasteiger partial charge in [-0.25, -0.2) is 4.68 Å². The molecule has 0 N–H and O–H groups in total. The fraction of sp³-hybridized carbons (Fsp3) is 0.571. The lowest BCUT2D eigenvalue weighted by molar-refractivity contribution is 0.458. The molecular formula is C14H19N3O. The monoisotopic (exact) mass is 245 g/mol. The van der Waals surface area contributed by atoms with E-state index in [-0.39, 0.29) is 11.6 Å². The quantitative estimate of drug-likeness (QED) is 0.815. The molecule has 0 bridgehead atoms. The summed E-state index contributed by atoms with van der Waals surface area (Å²) in [7, 11) is 0. The Morgan fingerprint density at radius 3 is 3.00 bits per heavy atom. The Hall–Kier alpha value is -1.58. The molecular weight excluding hydrogens is 226 g/mol. The van der Waals surface area contributed by atoms with Gasteiger partial charge in [-0.1, -0.05) is 6.92 Å². The summed E-state index contributed by atoms with van der Waals surface area (Å²) in [5.74, 6) is 0. The van der Waals surface area contributed by atoms with Gasteiger partial charge < -0.3 is 4.57 Å². The fourth-order valence-corrected chi connectivity index (χ4v) is 2.76. The summed E-state index contributed by atoms with van der Waals surface area (Å²) in [6.07, 6.45) is 8.31. The SMILES string of the molecule is CCC(C)n1ncc2c3n(cc2c1=O)CCCC3. The molecule has 0 fully saturated rings. The molecule has 96 valence electrons. The van der Waals surface area contributed by atoms with E-state index in [1.807, 2.05) is 19.3 Å². The van der Waals surface area contributed by atoms with E-state index in [9.17, 15) is 4.79 Å². The molecule has 0 aromatic carbocycles. The van der Waals surface area contributed by atoms with Crippen LogP contribution in [0.2, 0.25) is 0 Å². The number of hydrogen-bond donors (Lipinski definition) is 0. The van der Waals surface area contributed by atoms with Crippen LogP contribution in [0.3, 0.4) is 0 Å². The van der Waals surface area contributed by atoms with Gasteiger partial charge in [0, 0.05) is 23.8 Å². The molecule has 0 spiro atoms. The lowest BCUT2D eigenvalue weighted by atomic mass is 10.1. The van der Waals surface area contributed by atoms with E-state index < -0.39 is 0 Å². The molecule has 0 aliphatic carbocycles. The molecule has 0 saturated heterocycles. The van der Waals surface area contributed by atoms with E-state index in [4.69, 9.17) is 0 Å². The highest BCUT2D eigenvalue weighted by Crippen LogP contribution is 2.24. The van der Waals surface area contributed by atoms with Crippen LogP contribution < -0.4 is 5.56 Å². The van der Waals surface area contributed by atoms with Crippen LogP contribution in [0.4, 0.5) is 0 Å². The lowest BCUT2D eigenvalue weighted by Gasteiger charge is -2.14. The summed E-state index contributed by atoms with van der Waals surface area (Å²) in [5.41, 5.74) is 1.35. The minimum Gasteiger partial charge on any atom is -0.350 e. The first kappa shape index (κ1) is 11.5. The number of rotatable bonds is 2. The van der Waals surface area contributed by atoms with Crippen molar-refractivity contribution in [3.63, 3.8) is 0 Å². The van der Waals surface area contributed by atoms with Crippen molar-refractivity contribution in [1.29, 1.82) is 0 Å². The van der Waals surface area contributed by atoms with Gasteiger partial charge in [0.15, 0.2) is 0 Å². The number of aryl methyl sites for hydroxylation is 2. The Morgan fingerprint density at radius 1 is 1.39 bits per heavy atom. The molecule has 1 unspecified atom stereocenters. The van der Waals surface area contributed by atoms with Crippen LogP contribution in [-0.4, -0.2) is 14.3 Å². The van der Waals surface area contributed by atoms with E-state index >= 15 is 0 Å². The highest BCUT2D eigenvalue weighted by Gasteiger charge is 2.17. The molecule has 4 nitrogen and oxygen atoms in total. The molecule has 2 aromatic heterocycles. The Bertz CT molecular complexity index is 638. The third-order valence-corrected chi connectivity index (χ3v) is 4.05. The van der Waals surface area contributed by atoms with E-state index in [0.29, 0.717) is 0 Å². The van der Waals surface area contributed by atoms with Crippen molar-refractivity contribution in [3.8, 4) is 0 Å². The zero-order valence-corrected chi connectivity index (χ0v) is 11.0. The summed E-state index contributed by atoms with van der Waals surface area (Å²) in [4.78, 5) is 12.4. The maximum atomic E-state index is 12.4. The molecule has 1 aliphatic rings. The molecule has 4 heteroatoms. The van der Waals surface area contributed by atoms with E-state index in [0.717, 1.165) is 30.2 Å². The second kappa shape index (κ2) is 4.26. The summed E-state index contributed by atoms with van der Waals surface area (Å²) in [5, 5.41) is 6.24. The van der Waals surface area contributed by atoms with Crippen LogP contribution in [0.1, 0.15) is 44.8 Å². The summed E-state index contributed by atoms with van der Waals surface area (Å²) >= 11 is 0. The first-order valence-electron chi connectivity index (χ1n) is 6.82. The van der Waals surface area contributed by atoms with Crippen molar-refractivity contribution in [2.45, 2.75) is 52.1 Å². The normalized spacial score (nSPS) is 16.8. The Kier molecular flexibility index (Phi) is 2.73. The number of aromatic nitrogens is 3. The molecule has 0 amide bonds. The van der Waals surface area contributed by atoms with Gasteiger partial charge in [0.05, 0.1) is 17.6 Å². The van der Waals surface area contributed by atoms with Gasteiger partial charge >= 0.3 is 0 Å². The Balaban J connectivity index is 2.24. The van der Waals surface area contributed by atoms with Gasteiger partial charge in [0.2, 0.25) is 0 Å². The molecule has 3 heterocycles. The van der Waals surface area contributed by atoms with Crippen molar-refractivity contribution in [2.24, 2.45) is 0 Å². The van der Waals surface area contributed by atoms with Crippen molar-refractivity contribution in [3.05, 3.63) is 28.4 Å². The smallest absolute Gasteiger partial charge is 0.276 e. The molecule has 1 aliphatic heterocycles. The van der Waals surface area contributed by atoms with Gasteiger partial charge in [-0.05, 0) is 32.6 Å². The van der Waals surface area contributed by atoms with Gasteiger partial charge in [-0.15, -0.1) is 0 Å². The zero-order valence-electron chi connectivity index (χ0n) is 11.0. The zero-order chi connectivity index (χ0) is 12.7. The summed E-state index contributed by atoms with van der Waals surface area (Å²) in [6.45, 7) is 5.15. The maximum absolute atomic E-state index is 12.4. The first-order valence-corrected chi connectivity index (χ1v) is 6.82. The number of nitrogens with zero attached hydrogens (tertiary/aromatic N) is 3. The lowest BCUT2D eigenvalue weighted by Crippen LogP contribution is -2.25. The van der Waals surface area contributed by atoms with E-state index in [2.05, 4.69) is 16.6 Å². The number of hydrogen-bond acceptors (Lipinski definition) is 2. The van der Waals surface area contributed by atoms with Crippen LogP contribution in [0.25, 0.3) is 10.8 Å². The maximum Gasteiger partial charge on any atom is 0.276 e. The van der Waals surface area contributed by atoms with E-state index in [1.54, 1.807) is 4.68 Å². The van der Waals surface area contributed by atoms with Gasteiger partial charge in [0.25, 0.3) is 5.56 Å². The van der Waals surface area contributed by atoms with Crippen molar-refractivity contribution < 1.29 is 0 Å². The molecule has 0 saturated carbocycles. The van der Waals surface area contributed by atoms with Crippen LogP contribution in [0.15, 0.2) is 17.2 Å². The van der Waals surface area contributed by atoms with Crippen molar-refractivity contribution >= 4 is 10.8 Å². The molecule has 0 radical (unpaired) electrons. The standard InChI is InChI=1S/C14H19N3O/c1-3-10(2)17-14(18)12-9-16-7-5-4-6-13(16)11(12)8-15-17/h8-10H,3-7H2,1-2H3. The topological polar surface area (TPSA) is 39.8 Å². The minimum atomic E-state index is 0.0590. The predicted octanol–water partition coefficient (Wildman–Crippen LogP) is 2.51.